The molecular weight excluding hydrogens is 322 g/mol. The zero-order valence-electron chi connectivity index (χ0n) is 10.5. The van der Waals surface area contributed by atoms with Gasteiger partial charge in [0.2, 0.25) is 0 Å². The first-order valence-electron chi connectivity index (χ1n) is 6.11. The van der Waals surface area contributed by atoms with Crippen LogP contribution in [0.15, 0.2) is 40.6 Å². The van der Waals surface area contributed by atoms with Gasteiger partial charge >= 0.3 is 0 Å². The molecule has 0 fully saturated rings. The SMILES string of the molecule is O=C(NCc1cn[nH]c1)C1=Cc2cc(Br)ccc2OC1. The number of ether oxygens (including phenoxy) is 1. The zero-order chi connectivity index (χ0) is 13.9. The van der Waals surface area contributed by atoms with Crippen molar-refractivity contribution in [1.82, 2.24) is 15.5 Å². The molecule has 0 spiro atoms. The highest BCUT2D eigenvalue weighted by atomic mass is 79.9. The molecule has 6 heteroatoms. The molecule has 1 amide bonds. The Bertz CT molecular complexity index is 665. The van der Waals surface area contributed by atoms with Gasteiger partial charge in [-0.15, -0.1) is 0 Å². The van der Waals surface area contributed by atoms with Crippen LogP contribution in [0.1, 0.15) is 11.1 Å². The van der Waals surface area contributed by atoms with Gasteiger partial charge in [0.15, 0.2) is 0 Å². The number of aromatic amines is 1. The van der Waals surface area contributed by atoms with E-state index in [1.807, 2.05) is 24.3 Å². The number of halogens is 1. The van der Waals surface area contributed by atoms with Crippen LogP contribution in [0, 0.1) is 0 Å². The van der Waals surface area contributed by atoms with Crippen LogP contribution in [0.5, 0.6) is 5.75 Å². The summed E-state index contributed by atoms with van der Waals surface area (Å²) in [6, 6.07) is 5.73. The fourth-order valence-corrected chi connectivity index (χ4v) is 2.33. The van der Waals surface area contributed by atoms with E-state index in [-0.39, 0.29) is 12.5 Å². The van der Waals surface area contributed by atoms with E-state index in [0.717, 1.165) is 21.3 Å². The maximum Gasteiger partial charge on any atom is 0.250 e. The number of nitrogens with zero attached hydrogens (tertiary/aromatic N) is 1. The van der Waals surface area contributed by atoms with Crippen molar-refractivity contribution in [1.29, 1.82) is 0 Å². The van der Waals surface area contributed by atoms with E-state index < -0.39 is 0 Å². The Labute approximate surface area is 124 Å². The van der Waals surface area contributed by atoms with Crippen LogP contribution in [0.3, 0.4) is 0 Å². The molecule has 1 aromatic heterocycles. The summed E-state index contributed by atoms with van der Waals surface area (Å²) in [5, 5.41) is 9.38. The average Bonchev–Trinajstić information content (AvgIpc) is 2.97. The summed E-state index contributed by atoms with van der Waals surface area (Å²) >= 11 is 3.41. The number of rotatable bonds is 3. The molecule has 5 nitrogen and oxygen atoms in total. The lowest BCUT2D eigenvalue weighted by molar-refractivity contribution is -0.117. The van der Waals surface area contributed by atoms with Crippen LogP contribution in [0.25, 0.3) is 6.08 Å². The van der Waals surface area contributed by atoms with Crippen molar-refractivity contribution in [3.63, 3.8) is 0 Å². The fourth-order valence-electron chi connectivity index (χ4n) is 1.95. The molecule has 0 aliphatic carbocycles. The van der Waals surface area contributed by atoms with Crippen LogP contribution >= 0.6 is 15.9 Å². The Kier molecular flexibility index (Phi) is 3.56. The van der Waals surface area contributed by atoms with E-state index in [1.165, 1.54) is 0 Å². The number of hydrogen-bond donors (Lipinski definition) is 2. The highest BCUT2D eigenvalue weighted by Gasteiger charge is 2.17. The van der Waals surface area contributed by atoms with E-state index in [1.54, 1.807) is 12.4 Å². The first-order valence-corrected chi connectivity index (χ1v) is 6.90. The standard InChI is InChI=1S/C14H12BrN3O2/c15-12-1-2-13-10(4-12)3-11(8-20-13)14(19)16-5-9-6-17-18-7-9/h1-4,6-7H,5,8H2,(H,16,19)(H,17,18). The third-order valence-electron chi connectivity index (χ3n) is 2.98. The number of amides is 1. The van der Waals surface area contributed by atoms with Crippen molar-refractivity contribution in [2.45, 2.75) is 6.54 Å². The number of fused-ring (bicyclic) bond motifs is 1. The van der Waals surface area contributed by atoms with Crippen LogP contribution < -0.4 is 10.1 Å². The zero-order valence-corrected chi connectivity index (χ0v) is 12.1. The second-order valence-corrected chi connectivity index (χ2v) is 5.35. The minimum Gasteiger partial charge on any atom is -0.488 e. The molecule has 0 saturated carbocycles. The summed E-state index contributed by atoms with van der Waals surface area (Å²) < 4.78 is 6.54. The predicted octanol–water partition coefficient (Wildman–Crippen LogP) is 2.26. The number of hydrogen-bond acceptors (Lipinski definition) is 3. The van der Waals surface area contributed by atoms with Crippen LogP contribution in [0.2, 0.25) is 0 Å². The Morgan fingerprint density at radius 1 is 1.50 bits per heavy atom. The molecule has 2 aromatic rings. The van der Waals surface area contributed by atoms with Gasteiger partial charge in [-0.3, -0.25) is 9.89 Å². The minimum atomic E-state index is -0.128. The molecule has 0 unspecified atom stereocenters. The molecular formula is C14H12BrN3O2. The summed E-state index contributed by atoms with van der Waals surface area (Å²) in [5.41, 5.74) is 2.44. The van der Waals surface area contributed by atoms with Crippen LogP contribution in [-0.2, 0) is 11.3 Å². The first-order chi connectivity index (χ1) is 9.72. The third kappa shape index (κ3) is 2.75. The van der Waals surface area contributed by atoms with Crippen molar-refractivity contribution >= 4 is 27.9 Å². The molecule has 102 valence electrons. The van der Waals surface area contributed by atoms with E-state index in [9.17, 15) is 4.79 Å². The number of carbonyl (C=O) groups excluding carboxylic acids is 1. The number of carbonyl (C=O) groups is 1. The highest BCUT2D eigenvalue weighted by Crippen LogP contribution is 2.29. The lowest BCUT2D eigenvalue weighted by Crippen LogP contribution is -2.28. The second kappa shape index (κ2) is 5.50. The maximum absolute atomic E-state index is 12.1. The molecule has 0 radical (unpaired) electrons. The van der Waals surface area contributed by atoms with Gasteiger partial charge < -0.3 is 10.1 Å². The molecule has 0 saturated heterocycles. The van der Waals surface area contributed by atoms with Gasteiger partial charge in [-0.1, -0.05) is 15.9 Å². The molecule has 0 atom stereocenters. The maximum atomic E-state index is 12.1. The van der Waals surface area contributed by atoms with Gasteiger partial charge in [0, 0.05) is 28.3 Å². The molecule has 0 bridgehead atoms. The molecule has 20 heavy (non-hydrogen) atoms. The topological polar surface area (TPSA) is 67.0 Å². The summed E-state index contributed by atoms with van der Waals surface area (Å²) in [6.45, 7) is 0.726. The molecule has 2 heterocycles. The fraction of sp³-hybridized carbons (Fsp3) is 0.143. The van der Waals surface area contributed by atoms with Gasteiger partial charge in [-0.2, -0.15) is 5.10 Å². The molecule has 1 aliphatic heterocycles. The van der Waals surface area contributed by atoms with Crippen LogP contribution in [-0.4, -0.2) is 22.7 Å². The van der Waals surface area contributed by atoms with Crippen molar-refractivity contribution in [2.24, 2.45) is 0 Å². The van der Waals surface area contributed by atoms with Crippen molar-refractivity contribution < 1.29 is 9.53 Å². The number of aromatic nitrogens is 2. The summed E-state index contributed by atoms with van der Waals surface area (Å²) in [5.74, 6) is 0.663. The Balaban J connectivity index is 1.72. The smallest absolute Gasteiger partial charge is 0.250 e. The quantitative estimate of drug-likeness (QED) is 0.905. The number of benzene rings is 1. The Morgan fingerprint density at radius 2 is 2.40 bits per heavy atom. The van der Waals surface area contributed by atoms with Gasteiger partial charge in [0.25, 0.3) is 5.91 Å². The van der Waals surface area contributed by atoms with E-state index in [0.29, 0.717) is 12.1 Å². The monoisotopic (exact) mass is 333 g/mol. The first kappa shape index (κ1) is 12.9. The summed E-state index contributed by atoms with van der Waals surface area (Å²) in [7, 11) is 0. The van der Waals surface area contributed by atoms with Gasteiger partial charge in [0.05, 0.1) is 11.8 Å². The molecule has 1 aliphatic rings. The lowest BCUT2D eigenvalue weighted by atomic mass is 10.1. The summed E-state index contributed by atoms with van der Waals surface area (Å²) in [6.07, 6.45) is 5.28. The Morgan fingerprint density at radius 3 is 3.20 bits per heavy atom. The van der Waals surface area contributed by atoms with Gasteiger partial charge in [-0.05, 0) is 24.3 Å². The highest BCUT2D eigenvalue weighted by molar-refractivity contribution is 9.10. The predicted molar refractivity (Wildman–Crippen MR) is 78.0 cm³/mol. The van der Waals surface area contributed by atoms with Crippen molar-refractivity contribution in [3.05, 3.63) is 51.8 Å². The largest absolute Gasteiger partial charge is 0.488 e. The lowest BCUT2D eigenvalue weighted by Gasteiger charge is -2.17. The molecule has 2 N–H and O–H groups in total. The second-order valence-electron chi connectivity index (χ2n) is 4.43. The van der Waals surface area contributed by atoms with Crippen LogP contribution in [0.4, 0.5) is 0 Å². The minimum absolute atomic E-state index is 0.128. The van der Waals surface area contributed by atoms with Crippen molar-refractivity contribution in [2.75, 3.05) is 6.61 Å². The van der Waals surface area contributed by atoms with Gasteiger partial charge in [-0.25, -0.2) is 0 Å². The number of H-pyrrole nitrogens is 1. The average molecular weight is 334 g/mol. The Hall–Kier alpha value is -2.08. The molecule has 1 aromatic carbocycles. The van der Waals surface area contributed by atoms with Crippen molar-refractivity contribution in [3.8, 4) is 5.75 Å². The van der Waals surface area contributed by atoms with E-state index in [4.69, 9.17) is 4.74 Å². The van der Waals surface area contributed by atoms with E-state index in [2.05, 4.69) is 31.4 Å². The molecule has 3 rings (SSSR count). The summed E-state index contributed by atoms with van der Waals surface area (Å²) in [4.78, 5) is 12.1. The van der Waals surface area contributed by atoms with Gasteiger partial charge in [0.1, 0.15) is 12.4 Å². The normalized spacial score (nSPS) is 13.2. The third-order valence-corrected chi connectivity index (χ3v) is 3.48. The number of nitrogens with one attached hydrogen (secondary N) is 2. The van der Waals surface area contributed by atoms with E-state index >= 15 is 0 Å².